The van der Waals surface area contributed by atoms with Crippen LogP contribution in [0, 0.1) is 5.41 Å². The maximum Gasteiger partial charge on any atom is 0.326 e. The van der Waals surface area contributed by atoms with Crippen molar-refractivity contribution in [3.05, 3.63) is 72.3 Å². The summed E-state index contributed by atoms with van der Waals surface area (Å²) in [4.78, 5) is 50.7. The van der Waals surface area contributed by atoms with Crippen LogP contribution < -0.4 is 21.3 Å². The summed E-state index contributed by atoms with van der Waals surface area (Å²) in [7, 11) is 1.84. The second-order valence-electron chi connectivity index (χ2n) is 12.5. The van der Waals surface area contributed by atoms with Crippen LogP contribution in [0.3, 0.4) is 0 Å². The lowest BCUT2D eigenvalue weighted by molar-refractivity contribution is -0.142. The Morgan fingerprint density at radius 1 is 0.889 bits per heavy atom. The van der Waals surface area contributed by atoms with Gasteiger partial charge in [-0.05, 0) is 79.7 Å². The molecule has 2 aromatic rings. The molecule has 1 fully saturated rings. The zero-order valence-electron chi connectivity index (χ0n) is 26.1. The molecule has 0 spiro atoms. The van der Waals surface area contributed by atoms with E-state index in [1.165, 1.54) is 12.2 Å². The number of amides is 2. The van der Waals surface area contributed by atoms with Crippen molar-refractivity contribution in [2.75, 3.05) is 24.2 Å². The number of nitrogens with zero attached hydrogens (tertiary/aromatic N) is 1. The number of carboxylic acid groups (broad SMARTS) is 2. The molecular weight excluding hydrogens is 594 g/mol. The first-order chi connectivity index (χ1) is 21.2. The zero-order chi connectivity index (χ0) is 33.1. The minimum Gasteiger partial charge on any atom is -0.480 e. The van der Waals surface area contributed by atoms with Gasteiger partial charge in [0.25, 0.3) is 0 Å². The first-order valence-electron chi connectivity index (χ1n) is 14.9. The van der Waals surface area contributed by atoms with Gasteiger partial charge >= 0.3 is 11.9 Å². The molecule has 2 amide bonds. The van der Waals surface area contributed by atoms with Crippen molar-refractivity contribution in [3.63, 3.8) is 0 Å². The van der Waals surface area contributed by atoms with E-state index in [-0.39, 0.29) is 42.4 Å². The topological polar surface area (TPSA) is 160 Å². The van der Waals surface area contributed by atoms with Gasteiger partial charge in [-0.2, -0.15) is 0 Å². The predicted octanol–water partition coefficient (Wildman–Crippen LogP) is 4.19. The standard InChI is InChI=1S/C33H43N5O6S/c1-33(2,3)19-28(39)36-25(30(41)42)12-8-9-13-26(31(43)44)37-29(40)27-18-22(20-38(27)4)21-14-16-24(17-15-21)35-32(45)34-23-10-6-5-7-11-23/h5-11,14-17,22,25-27H,12-13,18-20H2,1-4H3,(H,36,39)(H,37,40)(H,41,42)(H,43,44)(H2,34,35,45). The Bertz CT molecular complexity index is 1380. The van der Waals surface area contributed by atoms with Gasteiger partial charge in [-0.15, -0.1) is 0 Å². The number of carbonyl (C=O) groups is 4. The minimum atomic E-state index is -1.19. The van der Waals surface area contributed by atoms with Gasteiger partial charge in [0.15, 0.2) is 5.11 Å². The fourth-order valence-corrected chi connectivity index (χ4v) is 5.34. The molecule has 4 atom stereocenters. The summed E-state index contributed by atoms with van der Waals surface area (Å²) >= 11 is 5.40. The number of hydrogen-bond donors (Lipinski definition) is 6. The Kier molecular flexibility index (Phi) is 12.6. The molecule has 1 heterocycles. The van der Waals surface area contributed by atoms with Gasteiger partial charge in [-0.25, -0.2) is 9.59 Å². The summed E-state index contributed by atoms with van der Waals surface area (Å²) < 4.78 is 0. The van der Waals surface area contributed by atoms with Crippen molar-refractivity contribution in [2.24, 2.45) is 5.41 Å². The smallest absolute Gasteiger partial charge is 0.326 e. The van der Waals surface area contributed by atoms with Gasteiger partial charge in [-0.1, -0.05) is 63.3 Å². The van der Waals surface area contributed by atoms with Crippen molar-refractivity contribution < 1.29 is 29.4 Å². The van der Waals surface area contributed by atoms with Crippen LogP contribution in [0.25, 0.3) is 0 Å². The Morgan fingerprint density at radius 2 is 1.42 bits per heavy atom. The molecule has 4 unspecified atom stereocenters. The monoisotopic (exact) mass is 637 g/mol. The molecule has 242 valence electrons. The maximum absolute atomic E-state index is 13.1. The van der Waals surface area contributed by atoms with Crippen LogP contribution in [0.1, 0.15) is 57.9 Å². The lowest BCUT2D eigenvalue weighted by Gasteiger charge is -2.21. The van der Waals surface area contributed by atoms with E-state index in [1.54, 1.807) is 0 Å². The molecule has 0 aromatic heterocycles. The molecular formula is C33H43N5O6S. The molecule has 3 rings (SSSR count). The molecule has 0 saturated carbocycles. The predicted molar refractivity (Wildman–Crippen MR) is 178 cm³/mol. The quantitative estimate of drug-likeness (QED) is 0.139. The Morgan fingerprint density at radius 3 is 1.96 bits per heavy atom. The van der Waals surface area contributed by atoms with Gasteiger partial charge < -0.3 is 31.5 Å². The summed E-state index contributed by atoms with van der Waals surface area (Å²) in [5.74, 6) is -3.04. The summed E-state index contributed by atoms with van der Waals surface area (Å²) in [6, 6.07) is 14.6. The molecule has 1 aliphatic heterocycles. The van der Waals surface area contributed by atoms with Crippen LogP contribution >= 0.6 is 12.2 Å². The molecule has 2 aromatic carbocycles. The second kappa shape index (κ2) is 16.1. The highest BCUT2D eigenvalue weighted by molar-refractivity contribution is 7.80. The summed E-state index contributed by atoms with van der Waals surface area (Å²) in [6.45, 7) is 6.27. The molecule has 11 nitrogen and oxygen atoms in total. The van der Waals surface area contributed by atoms with Crippen LogP contribution in [0.15, 0.2) is 66.7 Å². The van der Waals surface area contributed by atoms with Gasteiger partial charge in [-0.3, -0.25) is 14.5 Å². The highest BCUT2D eigenvalue weighted by Crippen LogP contribution is 2.31. The third kappa shape index (κ3) is 11.6. The Hall–Kier alpha value is -4.29. The van der Waals surface area contributed by atoms with E-state index in [9.17, 15) is 29.4 Å². The molecule has 6 N–H and O–H groups in total. The number of likely N-dealkylation sites (tertiary alicyclic amines) is 1. The number of likely N-dealkylation sites (N-methyl/N-ethyl adjacent to an activating group) is 1. The summed E-state index contributed by atoms with van der Waals surface area (Å²) in [5.41, 5.74) is 2.48. The van der Waals surface area contributed by atoms with E-state index >= 15 is 0 Å². The average Bonchev–Trinajstić information content (AvgIpc) is 3.35. The number of carbonyl (C=O) groups excluding carboxylic acids is 2. The van der Waals surface area contributed by atoms with Crippen LogP contribution in [-0.2, 0) is 19.2 Å². The third-order valence-electron chi connectivity index (χ3n) is 7.37. The zero-order valence-corrected chi connectivity index (χ0v) is 26.9. The number of aliphatic carboxylic acids is 2. The van der Waals surface area contributed by atoms with E-state index in [0.29, 0.717) is 18.1 Å². The van der Waals surface area contributed by atoms with Gasteiger partial charge in [0.1, 0.15) is 12.1 Å². The maximum atomic E-state index is 13.1. The van der Waals surface area contributed by atoms with Crippen molar-refractivity contribution in [1.29, 1.82) is 0 Å². The van der Waals surface area contributed by atoms with E-state index < -0.39 is 30.1 Å². The lowest BCUT2D eigenvalue weighted by atomic mass is 9.92. The molecule has 0 bridgehead atoms. The third-order valence-corrected chi connectivity index (χ3v) is 7.58. The molecule has 45 heavy (non-hydrogen) atoms. The lowest BCUT2D eigenvalue weighted by Crippen LogP contribution is -2.48. The van der Waals surface area contributed by atoms with Crippen molar-refractivity contribution in [2.45, 2.75) is 70.5 Å². The van der Waals surface area contributed by atoms with Crippen molar-refractivity contribution in [3.8, 4) is 0 Å². The number of anilines is 2. The molecule has 12 heteroatoms. The Balaban J connectivity index is 1.51. The van der Waals surface area contributed by atoms with E-state index in [2.05, 4.69) is 21.3 Å². The number of benzene rings is 2. The van der Waals surface area contributed by atoms with E-state index in [1.807, 2.05) is 87.3 Å². The number of para-hydroxylation sites is 1. The van der Waals surface area contributed by atoms with Crippen LogP contribution in [0.2, 0.25) is 0 Å². The van der Waals surface area contributed by atoms with Crippen molar-refractivity contribution >= 4 is 52.5 Å². The average molecular weight is 638 g/mol. The first kappa shape index (κ1) is 35.2. The summed E-state index contributed by atoms with van der Waals surface area (Å²) in [6.07, 6.45) is 3.69. The largest absolute Gasteiger partial charge is 0.480 e. The highest BCUT2D eigenvalue weighted by atomic mass is 32.1. The first-order valence-corrected chi connectivity index (χ1v) is 15.3. The molecule has 0 radical (unpaired) electrons. The summed E-state index contributed by atoms with van der Waals surface area (Å²) in [5, 5.41) is 31.1. The number of nitrogens with one attached hydrogen (secondary N) is 4. The van der Waals surface area contributed by atoms with Crippen LogP contribution in [-0.4, -0.2) is 75.7 Å². The second-order valence-corrected chi connectivity index (χ2v) is 12.9. The van der Waals surface area contributed by atoms with Gasteiger partial charge in [0, 0.05) is 24.3 Å². The fourth-order valence-electron chi connectivity index (χ4n) is 5.10. The molecule has 0 aliphatic carbocycles. The molecule has 1 aliphatic rings. The SMILES string of the molecule is CN1CC(c2ccc(NC(=S)Nc3ccccc3)cc2)CC1C(=O)NC(CC=CCC(NC(=O)CC(C)(C)C)C(=O)O)C(=O)O. The number of carboxylic acids is 2. The van der Waals surface area contributed by atoms with Crippen LogP contribution in [0.4, 0.5) is 11.4 Å². The van der Waals surface area contributed by atoms with Gasteiger partial charge in [0.05, 0.1) is 6.04 Å². The minimum absolute atomic E-state index is 0.0117. The molecule has 1 saturated heterocycles. The number of thiocarbonyl (C=S) groups is 1. The van der Waals surface area contributed by atoms with Gasteiger partial charge in [0.2, 0.25) is 11.8 Å². The normalized spacial score (nSPS) is 18.1. The van der Waals surface area contributed by atoms with E-state index in [4.69, 9.17) is 12.2 Å². The highest BCUT2D eigenvalue weighted by Gasteiger charge is 2.36. The van der Waals surface area contributed by atoms with Crippen LogP contribution in [0.5, 0.6) is 0 Å². The number of rotatable bonds is 13. The fraction of sp³-hybridized carbons (Fsp3) is 0.424. The number of hydrogen-bond acceptors (Lipinski definition) is 6. The van der Waals surface area contributed by atoms with Crippen molar-refractivity contribution in [1.82, 2.24) is 15.5 Å². The Labute approximate surface area is 269 Å². The van der Waals surface area contributed by atoms with E-state index in [0.717, 1.165) is 16.9 Å².